The molecular formula is C20H19NO4S2. The van der Waals surface area contributed by atoms with Gasteiger partial charge in [0.1, 0.15) is 11.0 Å². The highest BCUT2D eigenvalue weighted by Crippen LogP contribution is 2.31. The fraction of sp³-hybridized carbons (Fsp3) is 0.150. The molecule has 0 saturated heterocycles. The molecule has 3 rings (SSSR count). The predicted molar refractivity (Wildman–Crippen MR) is 106 cm³/mol. The minimum atomic E-state index is -3.64. The van der Waals surface area contributed by atoms with Crippen LogP contribution in [-0.2, 0) is 9.84 Å². The van der Waals surface area contributed by atoms with Crippen LogP contribution in [0.3, 0.4) is 0 Å². The van der Waals surface area contributed by atoms with E-state index < -0.39 is 15.1 Å². The molecule has 0 radical (unpaired) electrons. The monoisotopic (exact) mass is 401 g/mol. The second kappa shape index (κ2) is 8.37. The molecule has 0 spiro atoms. The van der Waals surface area contributed by atoms with Crippen molar-refractivity contribution in [2.45, 2.75) is 10.1 Å². The number of carbonyl (C=O) groups excluding carboxylic acids is 1. The lowest BCUT2D eigenvalue weighted by atomic mass is 10.2. The maximum atomic E-state index is 13.1. The molecule has 0 unspecified atom stereocenters. The van der Waals surface area contributed by atoms with E-state index in [9.17, 15) is 13.2 Å². The SMILES string of the molecule is COc1cccc(C(=O)NC[C@@H](c2cccs2)S(=O)(=O)c2ccccc2)c1. The van der Waals surface area contributed by atoms with E-state index in [4.69, 9.17) is 4.74 Å². The molecule has 0 aliphatic rings. The summed E-state index contributed by atoms with van der Waals surface area (Å²) in [5.41, 5.74) is 0.413. The van der Waals surface area contributed by atoms with Gasteiger partial charge in [0, 0.05) is 17.0 Å². The van der Waals surface area contributed by atoms with Crippen LogP contribution in [0.4, 0.5) is 0 Å². The highest BCUT2D eigenvalue weighted by molar-refractivity contribution is 7.91. The number of hydrogen-bond acceptors (Lipinski definition) is 5. The summed E-state index contributed by atoms with van der Waals surface area (Å²) in [7, 11) is -2.12. The van der Waals surface area contributed by atoms with Crippen LogP contribution in [0, 0.1) is 0 Å². The van der Waals surface area contributed by atoms with E-state index in [1.807, 2.05) is 5.38 Å². The molecule has 140 valence electrons. The van der Waals surface area contributed by atoms with Gasteiger partial charge in [-0.3, -0.25) is 4.79 Å². The van der Waals surface area contributed by atoms with Crippen LogP contribution in [0.2, 0.25) is 0 Å². The molecule has 1 heterocycles. The highest BCUT2D eigenvalue weighted by Gasteiger charge is 2.30. The summed E-state index contributed by atoms with van der Waals surface area (Å²) in [5.74, 6) is 0.216. The number of thiophene rings is 1. The third-order valence-corrected chi connectivity index (χ3v) is 7.32. The normalized spacial score (nSPS) is 12.3. The van der Waals surface area contributed by atoms with Gasteiger partial charge in [-0.2, -0.15) is 0 Å². The van der Waals surface area contributed by atoms with Crippen molar-refractivity contribution in [1.29, 1.82) is 0 Å². The second-order valence-corrected chi connectivity index (χ2v) is 8.91. The van der Waals surface area contributed by atoms with Gasteiger partial charge in [-0.25, -0.2) is 8.42 Å². The fourth-order valence-corrected chi connectivity index (χ4v) is 5.47. The lowest BCUT2D eigenvalue weighted by Crippen LogP contribution is -2.31. The summed E-state index contributed by atoms with van der Waals surface area (Å²) >= 11 is 1.36. The number of rotatable bonds is 7. The Morgan fingerprint density at radius 3 is 2.52 bits per heavy atom. The average molecular weight is 402 g/mol. The largest absolute Gasteiger partial charge is 0.497 e. The first-order valence-corrected chi connectivity index (χ1v) is 10.7. The molecule has 7 heteroatoms. The molecule has 1 N–H and O–H groups in total. The Morgan fingerprint density at radius 1 is 1.07 bits per heavy atom. The van der Waals surface area contributed by atoms with Crippen molar-refractivity contribution in [2.75, 3.05) is 13.7 Å². The van der Waals surface area contributed by atoms with E-state index in [1.54, 1.807) is 66.7 Å². The smallest absolute Gasteiger partial charge is 0.251 e. The van der Waals surface area contributed by atoms with Crippen LogP contribution < -0.4 is 10.1 Å². The van der Waals surface area contributed by atoms with Crippen LogP contribution >= 0.6 is 11.3 Å². The molecular weight excluding hydrogens is 382 g/mol. The lowest BCUT2D eigenvalue weighted by Gasteiger charge is -2.17. The topological polar surface area (TPSA) is 72.5 Å². The van der Waals surface area contributed by atoms with Crippen LogP contribution in [-0.4, -0.2) is 28.0 Å². The summed E-state index contributed by atoms with van der Waals surface area (Å²) in [6.45, 7) is -0.0201. The van der Waals surface area contributed by atoms with E-state index in [0.29, 0.717) is 16.2 Å². The number of hydrogen-bond donors (Lipinski definition) is 1. The molecule has 2 aromatic carbocycles. The summed E-state index contributed by atoms with van der Waals surface area (Å²) in [6.07, 6.45) is 0. The van der Waals surface area contributed by atoms with Gasteiger partial charge in [0.25, 0.3) is 5.91 Å². The van der Waals surface area contributed by atoms with Crippen molar-refractivity contribution in [1.82, 2.24) is 5.32 Å². The van der Waals surface area contributed by atoms with Gasteiger partial charge >= 0.3 is 0 Å². The molecule has 1 aromatic heterocycles. The Hall–Kier alpha value is -2.64. The zero-order chi connectivity index (χ0) is 19.3. The number of ether oxygens (including phenoxy) is 1. The fourth-order valence-electron chi connectivity index (χ4n) is 2.66. The number of carbonyl (C=O) groups is 1. The summed E-state index contributed by atoms with van der Waals surface area (Å²) in [4.78, 5) is 13.4. The number of benzene rings is 2. The minimum Gasteiger partial charge on any atom is -0.497 e. The Labute approximate surface area is 162 Å². The summed E-state index contributed by atoms with van der Waals surface area (Å²) < 4.78 is 31.4. The molecule has 0 fully saturated rings. The van der Waals surface area contributed by atoms with Crippen molar-refractivity contribution in [3.05, 3.63) is 82.6 Å². The molecule has 0 bridgehead atoms. The standard InChI is InChI=1S/C20H19NO4S2/c1-25-16-8-5-7-15(13-16)20(22)21-14-19(18-11-6-12-26-18)27(23,24)17-9-3-2-4-10-17/h2-13,19H,14H2,1H3,(H,21,22)/t19-/m0/s1. The van der Waals surface area contributed by atoms with Crippen molar-refractivity contribution in [3.63, 3.8) is 0 Å². The zero-order valence-electron chi connectivity index (χ0n) is 14.7. The number of nitrogens with one attached hydrogen (secondary N) is 1. The maximum Gasteiger partial charge on any atom is 0.251 e. The second-order valence-electron chi connectivity index (χ2n) is 5.80. The van der Waals surface area contributed by atoms with Crippen LogP contribution in [0.5, 0.6) is 5.75 Å². The van der Waals surface area contributed by atoms with Gasteiger partial charge in [0.15, 0.2) is 9.84 Å². The molecule has 5 nitrogen and oxygen atoms in total. The third kappa shape index (κ3) is 4.37. The van der Waals surface area contributed by atoms with E-state index >= 15 is 0 Å². The first kappa shape index (κ1) is 19.1. The van der Waals surface area contributed by atoms with Gasteiger partial charge in [0.2, 0.25) is 0 Å². The zero-order valence-corrected chi connectivity index (χ0v) is 16.3. The predicted octanol–water partition coefficient (Wildman–Crippen LogP) is 3.70. The van der Waals surface area contributed by atoms with Crippen LogP contribution in [0.1, 0.15) is 20.5 Å². The van der Waals surface area contributed by atoms with E-state index in [0.717, 1.165) is 0 Å². The Bertz CT molecular complexity index is 999. The van der Waals surface area contributed by atoms with Crippen molar-refractivity contribution < 1.29 is 17.9 Å². The minimum absolute atomic E-state index is 0.0201. The number of methoxy groups -OCH3 is 1. The van der Waals surface area contributed by atoms with Gasteiger partial charge < -0.3 is 10.1 Å². The molecule has 0 aliphatic heterocycles. The van der Waals surface area contributed by atoms with Crippen LogP contribution in [0.25, 0.3) is 0 Å². The van der Waals surface area contributed by atoms with Crippen molar-refractivity contribution >= 4 is 27.1 Å². The maximum absolute atomic E-state index is 13.1. The van der Waals surface area contributed by atoms with E-state index in [2.05, 4.69) is 5.32 Å². The van der Waals surface area contributed by atoms with E-state index in [-0.39, 0.29) is 17.3 Å². The first-order chi connectivity index (χ1) is 13.0. The Balaban J connectivity index is 1.84. The highest BCUT2D eigenvalue weighted by atomic mass is 32.2. The van der Waals surface area contributed by atoms with Gasteiger partial charge in [-0.05, 0) is 41.8 Å². The number of amides is 1. The lowest BCUT2D eigenvalue weighted by molar-refractivity contribution is 0.0953. The van der Waals surface area contributed by atoms with Crippen LogP contribution in [0.15, 0.2) is 77.0 Å². The summed E-state index contributed by atoms with van der Waals surface area (Å²) in [6, 6.07) is 18.6. The quantitative estimate of drug-likeness (QED) is 0.655. The van der Waals surface area contributed by atoms with Gasteiger partial charge in [0.05, 0.1) is 12.0 Å². The molecule has 0 aliphatic carbocycles. The van der Waals surface area contributed by atoms with Gasteiger partial charge in [-0.15, -0.1) is 11.3 Å². The average Bonchev–Trinajstić information content (AvgIpc) is 3.23. The third-order valence-electron chi connectivity index (χ3n) is 4.09. The van der Waals surface area contributed by atoms with E-state index in [1.165, 1.54) is 18.4 Å². The van der Waals surface area contributed by atoms with Crippen molar-refractivity contribution in [3.8, 4) is 5.75 Å². The Morgan fingerprint density at radius 2 is 1.85 bits per heavy atom. The molecule has 1 amide bonds. The van der Waals surface area contributed by atoms with Gasteiger partial charge in [-0.1, -0.05) is 30.3 Å². The number of sulfone groups is 1. The first-order valence-electron chi connectivity index (χ1n) is 8.27. The molecule has 1 atom stereocenters. The molecule has 27 heavy (non-hydrogen) atoms. The molecule has 0 saturated carbocycles. The summed E-state index contributed by atoms with van der Waals surface area (Å²) in [5, 5.41) is 3.72. The van der Waals surface area contributed by atoms with Crippen molar-refractivity contribution in [2.24, 2.45) is 0 Å². The Kier molecular flexibility index (Phi) is 5.93. The molecule has 3 aromatic rings.